The molecule has 0 aromatic rings. The van der Waals surface area contributed by atoms with E-state index in [1.807, 2.05) is 0 Å². The van der Waals surface area contributed by atoms with Crippen molar-refractivity contribution < 1.29 is 49.2 Å². The maximum atomic E-state index is 9.89. The Balaban J connectivity index is 0. The quantitative estimate of drug-likeness (QED) is 0.192. The molecule has 0 bridgehead atoms. The van der Waals surface area contributed by atoms with E-state index in [-0.39, 0.29) is 42.8 Å². The van der Waals surface area contributed by atoms with Gasteiger partial charge in [-0.15, -0.1) is 0 Å². The largest absolute Gasteiger partial charge is 1.00 e. The maximum Gasteiger partial charge on any atom is 1.00 e. The van der Waals surface area contributed by atoms with Crippen molar-refractivity contribution in [2.75, 3.05) is 13.2 Å². The Bertz CT molecular complexity index is 75.0. The van der Waals surface area contributed by atoms with Crippen LogP contribution in [-0.2, 0) is 14.6 Å². The average Bonchev–Trinajstić information content (AvgIpc) is 1.66. The zero-order chi connectivity index (χ0) is 6.41. The predicted octanol–water partition coefficient (Wildman–Crippen LogP) is -3.52. The fraction of sp³-hybridized carbons (Fsp3) is 0.750. The van der Waals surface area contributed by atoms with Crippen LogP contribution in [-0.4, -0.2) is 24.3 Å². The summed E-state index contributed by atoms with van der Waals surface area (Å²) in [5.74, 6) is -0.515. The zero-order valence-corrected chi connectivity index (χ0v) is 7.59. The summed E-state index contributed by atoms with van der Waals surface area (Å²) in [6.07, 6.45) is 0. The zero-order valence-electron chi connectivity index (χ0n) is 5.59. The topological polar surface area (TPSA) is 55.8 Å². The number of hydrogen-bond acceptors (Lipinski definition) is 4. The van der Waals surface area contributed by atoms with E-state index < -0.39 is 5.97 Å². The first-order valence-corrected chi connectivity index (χ1v) is 2.18. The summed E-state index contributed by atoms with van der Waals surface area (Å²) in [7, 11) is 0. The van der Waals surface area contributed by atoms with Crippen LogP contribution in [0.25, 0.3) is 0 Å². The van der Waals surface area contributed by atoms with Gasteiger partial charge in [-0.25, -0.2) is 4.79 Å². The van der Waals surface area contributed by atoms with Crippen molar-refractivity contribution in [3.8, 4) is 0 Å². The molecule has 0 unspecified atom stereocenters. The molecule has 0 saturated carbocycles. The molecule has 0 spiro atoms. The van der Waals surface area contributed by atoms with Crippen molar-refractivity contribution >= 4 is 5.97 Å². The monoisotopic (exact) mass is 143 g/mol. The molecule has 0 aromatic heterocycles. The molecule has 0 fully saturated rings. The Kier molecular flexibility index (Phi) is 11.3. The SMILES string of the molecule is CC(=O)OOCCO.[Na+]. The Hall–Kier alpha value is 0.390. The molecule has 0 heterocycles. The van der Waals surface area contributed by atoms with Crippen LogP contribution < -0.4 is 29.6 Å². The molecular weight excluding hydrogens is 135 g/mol. The van der Waals surface area contributed by atoms with Gasteiger partial charge < -0.3 is 5.11 Å². The number of hydrogen-bond donors (Lipinski definition) is 1. The molecule has 0 rings (SSSR count). The summed E-state index contributed by atoms with van der Waals surface area (Å²) in [6.45, 7) is 1.10. The van der Waals surface area contributed by atoms with Gasteiger partial charge in [0.25, 0.3) is 0 Å². The molecule has 0 aromatic carbocycles. The van der Waals surface area contributed by atoms with Gasteiger partial charge in [-0.05, 0) is 0 Å². The first kappa shape index (κ1) is 12.1. The fourth-order valence-electron chi connectivity index (χ4n) is 0.162. The van der Waals surface area contributed by atoms with Crippen molar-refractivity contribution in [3.63, 3.8) is 0 Å². The minimum atomic E-state index is -0.515. The van der Waals surface area contributed by atoms with Crippen LogP contribution in [0.15, 0.2) is 0 Å². The second kappa shape index (κ2) is 8.39. The van der Waals surface area contributed by atoms with Gasteiger partial charge in [-0.1, -0.05) is 0 Å². The van der Waals surface area contributed by atoms with Gasteiger partial charge in [-0.3, -0.25) is 4.89 Å². The molecule has 1 N–H and O–H groups in total. The molecule has 9 heavy (non-hydrogen) atoms. The summed E-state index contributed by atoms with van der Waals surface area (Å²) in [5.41, 5.74) is 0. The van der Waals surface area contributed by atoms with Crippen molar-refractivity contribution in [2.45, 2.75) is 6.92 Å². The number of carbonyl (C=O) groups is 1. The van der Waals surface area contributed by atoms with Crippen LogP contribution in [0.1, 0.15) is 6.92 Å². The van der Waals surface area contributed by atoms with Gasteiger partial charge in [0.2, 0.25) is 0 Å². The Morgan fingerprint density at radius 3 is 2.56 bits per heavy atom. The van der Waals surface area contributed by atoms with E-state index in [0.29, 0.717) is 0 Å². The van der Waals surface area contributed by atoms with E-state index in [9.17, 15) is 4.79 Å². The third kappa shape index (κ3) is 11.8. The Morgan fingerprint density at radius 2 is 2.22 bits per heavy atom. The van der Waals surface area contributed by atoms with E-state index in [4.69, 9.17) is 5.11 Å². The van der Waals surface area contributed by atoms with Crippen LogP contribution in [0.4, 0.5) is 0 Å². The van der Waals surface area contributed by atoms with Gasteiger partial charge in [0.1, 0.15) is 6.61 Å². The maximum absolute atomic E-state index is 9.89. The van der Waals surface area contributed by atoms with Crippen molar-refractivity contribution in [3.05, 3.63) is 0 Å². The number of carbonyl (C=O) groups excluding carboxylic acids is 1. The van der Waals surface area contributed by atoms with Crippen molar-refractivity contribution in [1.29, 1.82) is 0 Å². The van der Waals surface area contributed by atoms with E-state index >= 15 is 0 Å². The predicted molar refractivity (Wildman–Crippen MR) is 24.8 cm³/mol. The van der Waals surface area contributed by atoms with Crippen LogP contribution in [0.2, 0.25) is 0 Å². The normalized spacial score (nSPS) is 7.78. The molecule has 5 heteroatoms. The van der Waals surface area contributed by atoms with E-state index in [1.54, 1.807) is 0 Å². The molecule has 4 nitrogen and oxygen atoms in total. The van der Waals surface area contributed by atoms with E-state index in [1.165, 1.54) is 6.92 Å². The van der Waals surface area contributed by atoms with Crippen molar-refractivity contribution in [2.24, 2.45) is 0 Å². The van der Waals surface area contributed by atoms with Gasteiger partial charge in [0.05, 0.1) is 6.61 Å². The third-order valence-electron chi connectivity index (χ3n) is 0.351. The van der Waals surface area contributed by atoms with E-state index in [2.05, 4.69) is 9.78 Å². The summed E-state index contributed by atoms with van der Waals surface area (Å²) >= 11 is 0. The minimum Gasteiger partial charge on any atom is -0.394 e. The summed E-state index contributed by atoms with van der Waals surface area (Å²) in [4.78, 5) is 18.0. The summed E-state index contributed by atoms with van der Waals surface area (Å²) < 4.78 is 0. The second-order valence-electron chi connectivity index (χ2n) is 1.12. The average molecular weight is 143 g/mol. The standard InChI is InChI=1S/C4H8O4.Na/c1-4(6)8-7-3-2-5;/h5H,2-3H2,1H3;/q;+1. The molecule has 0 saturated heterocycles. The second-order valence-corrected chi connectivity index (χ2v) is 1.12. The van der Waals surface area contributed by atoms with Crippen LogP contribution >= 0.6 is 0 Å². The van der Waals surface area contributed by atoms with Gasteiger partial charge >= 0.3 is 35.5 Å². The van der Waals surface area contributed by atoms with Crippen LogP contribution in [0, 0.1) is 0 Å². The molecule has 0 amide bonds. The molecular formula is C4H8NaO4+. The minimum absolute atomic E-state index is 0. The van der Waals surface area contributed by atoms with Crippen LogP contribution in [0.5, 0.6) is 0 Å². The van der Waals surface area contributed by atoms with Crippen molar-refractivity contribution in [1.82, 2.24) is 0 Å². The molecule has 48 valence electrons. The number of aliphatic hydroxyl groups excluding tert-OH is 1. The molecule has 0 radical (unpaired) electrons. The van der Waals surface area contributed by atoms with Gasteiger partial charge in [0.15, 0.2) is 0 Å². The first-order chi connectivity index (χ1) is 3.77. The molecule has 0 aliphatic rings. The smallest absolute Gasteiger partial charge is 0.394 e. The van der Waals surface area contributed by atoms with Gasteiger partial charge in [0, 0.05) is 6.92 Å². The number of aliphatic hydroxyl groups is 1. The summed E-state index contributed by atoms with van der Waals surface area (Å²) in [6, 6.07) is 0. The fourth-order valence-corrected chi connectivity index (χ4v) is 0.162. The van der Waals surface area contributed by atoms with Crippen LogP contribution in [0.3, 0.4) is 0 Å². The molecule has 0 atom stereocenters. The Labute approximate surface area is 75.4 Å². The first-order valence-electron chi connectivity index (χ1n) is 2.18. The number of rotatable bonds is 3. The molecule has 0 aliphatic carbocycles. The molecule has 0 aliphatic heterocycles. The van der Waals surface area contributed by atoms with Gasteiger partial charge in [-0.2, -0.15) is 4.89 Å². The third-order valence-corrected chi connectivity index (χ3v) is 0.351. The Morgan fingerprint density at radius 1 is 1.67 bits per heavy atom. The van der Waals surface area contributed by atoms with E-state index in [0.717, 1.165) is 0 Å². The summed E-state index contributed by atoms with van der Waals surface area (Å²) in [5, 5.41) is 8.06.